The number of amides is 1. The van der Waals surface area contributed by atoms with Crippen LogP contribution in [0, 0.1) is 5.92 Å². The van der Waals surface area contributed by atoms with Crippen LogP contribution >= 0.6 is 0 Å². The van der Waals surface area contributed by atoms with Crippen molar-refractivity contribution in [1.29, 1.82) is 0 Å². The van der Waals surface area contributed by atoms with Gasteiger partial charge in [-0.05, 0) is 51.6 Å². The van der Waals surface area contributed by atoms with Crippen LogP contribution in [-0.2, 0) is 4.79 Å². The van der Waals surface area contributed by atoms with Gasteiger partial charge in [0.2, 0.25) is 5.91 Å². The number of rotatable bonds is 5. The highest BCUT2D eigenvalue weighted by Gasteiger charge is 2.45. The summed E-state index contributed by atoms with van der Waals surface area (Å²) in [4.78, 5) is 14.2. The summed E-state index contributed by atoms with van der Waals surface area (Å²) in [5, 5.41) is 3.17. The number of primary amides is 1. The van der Waals surface area contributed by atoms with Crippen molar-refractivity contribution in [3.63, 3.8) is 0 Å². The molecule has 0 aromatic carbocycles. The van der Waals surface area contributed by atoms with Gasteiger partial charge in [-0.15, -0.1) is 0 Å². The maximum Gasteiger partial charge on any atom is 0.237 e. The third-order valence-electron chi connectivity index (χ3n) is 4.97. The first-order chi connectivity index (χ1) is 8.61. The van der Waals surface area contributed by atoms with Gasteiger partial charge in [-0.1, -0.05) is 13.3 Å². The Morgan fingerprint density at radius 2 is 2.28 bits per heavy atom. The van der Waals surface area contributed by atoms with Crippen molar-refractivity contribution >= 4 is 5.91 Å². The average molecular weight is 253 g/mol. The minimum atomic E-state index is -0.451. The molecule has 104 valence electrons. The van der Waals surface area contributed by atoms with Gasteiger partial charge < -0.3 is 16.0 Å². The lowest BCUT2D eigenvalue weighted by molar-refractivity contribution is -0.124. The lowest BCUT2D eigenvalue weighted by Gasteiger charge is -2.28. The highest BCUT2D eigenvalue weighted by atomic mass is 16.1. The maximum atomic E-state index is 11.6. The minimum Gasteiger partial charge on any atom is -0.368 e. The topological polar surface area (TPSA) is 58.4 Å². The lowest BCUT2D eigenvalue weighted by atomic mass is 9.96. The molecule has 0 radical (unpaired) electrons. The van der Waals surface area contributed by atoms with E-state index in [0.29, 0.717) is 6.04 Å². The zero-order chi connectivity index (χ0) is 13.2. The van der Waals surface area contributed by atoms with Crippen molar-refractivity contribution in [2.75, 3.05) is 20.1 Å². The van der Waals surface area contributed by atoms with Crippen molar-refractivity contribution in [2.24, 2.45) is 11.7 Å². The van der Waals surface area contributed by atoms with Gasteiger partial charge in [-0.3, -0.25) is 4.79 Å². The highest BCUT2D eigenvalue weighted by molar-refractivity contribution is 5.85. The summed E-state index contributed by atoms with van der Waals surface area (Å²) < 4.78 is 0. The summed E-state index contributed by atoms with van der Waals surface area (Å²) in [6.07, 6.45) is 6.83. The first kappa shape index (κ1) is 13.8. The Balaban J connectivity index is 1.91. The molecule has 0 bridgehead atoms. The first-order valence-corrected chi connectivity index (χ1v) is 7.34. The standard InChI is InChI=1S/C14H27N3O/c1-3-4-11-6-8-17(10-11)12-5-7-14(9-12,16-2)13(15)18/h11-12,16H,3-10H2,1-2H3,(H2,15,18). The van der Waals surface area contributed by atoms with Crippen LogP contribution < -0.4 is 11.1 Å². The highest BCUT2D eigenvalue weighted by Crippen LogP contribution is 2.35. The zero-order valence-electron chi connectivity index (χ0n) is 11.7. The number of likely N-dealkylation sites (N-methyl/N-ethyl adjacent to an activating group) is 1. The average Bonchev–Trinajstić information content (AvgIpc) is 2.95. The Morgan fingerprint density at radius 3 is 2.83 bits per heavy atom. The molecule has 4 nitrogen and oxygen atoms in total. The summed E-state index contributed by atoms with van der Waals surface area (Å²) in [6.45, 7) is 4.68. The number of likely N-dealkylation sites (tertiary alicyclic amines) is 1. The van der Waals surface area contributed by atoms with E-state index in [1.54, 1.807) is 0 Å². The number of nitrogens with one attached hydrogen (secondary N) is 1. The number of nitrogens with two attached hydrogens (primary N) is 1. The summed E-state index contributed by atoms with van der Waals surface area (Å²) in [7, 11) is 1.86. The van der Waals surface area contributed by atoms with E-state index in [1.165, 1.54) is 32.4 Å². The summed E-state index contributed by atoms with van der Waals surface area (Å²) in [5.41, 5.74) is 5.11. The van der Waals surface area contributed by atoms with Gasteiger partial charge in [0.15, 0.2) is 0 Å². The van der Waals surface area contributed by atoms with Crippen LogP contribution in [0.25, 0.3) is 0 Å². The molecule has 18 heavy (non-hydrogen) atoms. The van der Waals surface area contributed by atoms with Crippen LogP contribution in [0.15, 0.2) is 0 Å². The van der Waals surface area contributed by atoms with E-state index >= 15 is 0 Å². The Bertz CT molecular complexity index is 307. The third-order valence-corrected chi connectivity index (χ3v) is 4.97. The number of nitrogens with zero attached hydrogens (tertiary/aromatic N) is 1. The molecule has 3 atom stereocenters. The summed E-state index contributed by atoms with van der Waals surface area (Å²) in [6, 6.07) is 0.548. The fourth-order valence-electron chi connectivity index (χ4n) is 3.74. The molecule has 0 spiro atoms. The third kappa shape index (κ3) is 2.54. The van der Waals surface area contributed by atoms with Crippen molar-refractivity contribution in [2.45, 2.75) is 57.0 Å². The van der Waals surface area contributed by atoms with Crippen LogP contribution in [0.2, 0.25) is 0 Å². The molecule has 1 heterocycles. The second-order valence-corrected chi connectivity index (χ2v) is 6.03. The van der Waals surface area contributed by atoms with Gasteiger partial charge in [0, 0.05) is 12.6 Å². The van der Waals surface area contributed by atoms with E-state index < -0.39 is 5.54 Å². The van der Waals surface area contributed by atoms with Crippen LogP contribution in [0.4, 0.5) is 0 Å². The molecule has 2 aliphatic rings. The molecular weight excluding hydrogens is 226 g/mol. The summed E-state index contributed by atoms with van der Waals surface area (Å²) >= 11 is 0. The van der Waals surface area contributed by atoms with Crippen LogP contribution in [0.1, 0.15) is 45.4 Å². The van der Waals surface area contributed by atoms with E-state index in [2.05, 4.69) is 17.1 Å². The van der Waals surface area contributed by atoms with Crippen molar-refractivity contribution in [3.8, 4) is 0 Å². The minimum absolute atomic E-state index is 0.184. The van der Waals surface area contributed by atoms with Gasteiger partial charge in [0.05, 0.1) is 5.54 Å². The fraction of sp³-hybridized carbons (Fsp3) is 0.929. The zero-order valence-corrected chi connectivity index (χ0v) is 11.7. The molecular formula is C14H27N3O. The predicted octanol–water partition coefficient (Wildman–Crippen LogP) is 1.10. The molecule has 4 heteroatoms. The molecule has 1 aliphatic heterocycles. The molecule has 0 aromatic rings. The first-order valence-electron chi connectivity index (χ1n) is 7.34. The molecule has 1 aliphatic carbocycles. The molecule has 3 N–H and O–H groups in total. The largest absolute Gasteiger partial charge is 0.368 e. The predicted molar refractivity (Wildman–Crippen MR) is 73.2 cm³/mol. The molecule has 0 aromatic heterocycles. The van der Waals surface area contributed by atoms with Crippen LogP contribution in [0.3, 0.4) is 0 Å². The number of carbonyl (C=O) groups is 1. The Hall–Kier alpha value is -0.610. The monoisotopic (exact) mass is 253 g/mol. The lowest BCUT2D eigenvalue weighted by Crippen LogP contribution is -2.53. The van der Waals surface area contributed by atoms with Crippen molar-refractivity contribution in [1.82, 2.24) is 10.2 Å². The normalized spacial score (nSPS) is 37.2. The SMILES string of the molecule is CCCC1CCN(C2CCC(NC)(C(N)=O)C2)C1. The van der Waals surface area contributed by atoms with Gasteiger partial charge in [-0.25, -0.2) is 0 Å². The summed E-state index contributed by atoms with van der Waals surface area (Å²) in [5.74, 6) is 0.685. The molecule has 1 amide bonds. The Morgan fingerprint density at radius 1 is 1.50 bits per heavy atom. The number of hydrogen-bond donors (Lipinski definition) is 2. The van der Waals surface area contributed by atoms with E-state index in [1.807, 2.05) is 7.05 Å². The smallest absolute Gasteiger partial charge is 0.237 e. The molecule has 1 saturated heterocycles. The van der Waals surface area contributed by atoms with E-state index in [-0.39, 0.29) is 5.91 Å². The Kier molecular flexibility index (Phi) is 4.28. The molecule has 2 fully saturated rings. The van der Waals surface area contributed by atoms with Crippen LogP contribution in [0.5, 0.6) is 0 Å². The van der Waals surface area contributed by atoms with E-state index in [0.717, 1.165) is 25.2 Å². The second kappa shape index (κ2) is 5.57. The van der Waals surface area contributed by atoms with Gasteiger partial charge in [-0.2, -0.15) is 0 Å². The van der Waals surface area contributed by atoms with E-state index in [4.69, 9.17) is 5.73 Å². The Labute approximate surface area is 110 Å². The molecule has 1 saturated carbocycles. The number of carbonyl (C=O) groups excluding carboxylic acids is 1. The molecule has 3 unspecified atom stereocenters. The molecule has 2 rings (SSSR count). The number of hydrogen-bond acceptors (Lipinski definition) is 3. The van der Waals surface area contributed by atoms with Crippen LogP contribution in [-0.4, -0.2) is 42.5 Å². The van der Waals surface area contributed by atoms with Gasteiger partial charge >= 0.3 is 0 Å². The maximum absolute atomic E-state index is 11.6. The van der Waals surface area contributed by atoms with Crippen molar-refractivity contribution in [3.05, 3.63) is 0 Å². The van der Waals surface area contributed by atoms with Crippen molar-refractivity contribution < 1.29 is 4.79 Å². The van der Waals surface area contributed by atoms with Gasteiger partial charge in [0.1, 0.15) is 0 Å². The fourth-order valence-corrected chi connectivity index (χ4v) is 3.74. The quantitative estimate of drug-likeness (QED) is 0.771. The van der Waals surface area contributed by atoms with Gasteiger partial charge in [0.25, 0.3) is 0 Å². The second-order valence-electron chi connectivity index (χ2n) is 6.03. The van der Waals surface area contributed by atoms with E-state index in [9.17, 15) is 4.79 Å².